The maximum atomic E-state index is 5.27. The van der Waals surface area contributed by atoms with Crippen molar-refractivity contribution in [3.05, 3.63) is 0 Å². The molecule has 0 saturated heterocycles. The molecule has 0 aliphatic rings. The lowest BCUT2D eigenvalue weighted by atomic mass is 10.8. The van der Waals surface area contributed by atoms with E-state index in [4.69, 9.17) is 11.6 Å². The average molecular weight is 183 g/mol. The Morgan fingerprint density at radius 2 is 2.00 bits per heavy atom. The lowest BCUT2D eigenvalue weighted by Gasteiger charge is -1.99. The Bertz CT molecular complexity index is 58.5. The zero-order valence-corrected chi connectivity index (χ0v) is 7.34. The molecule has 4 nitrogen and oxygen atoms in total. The van der Waals surface area contributed by atoms with Gasteiger partial charge in [-0.1, -0.05) is 21.6 Å². The molecule has 0 heterocycles. The molecule has 6 heteroatoms. The highest BCUT2D eigenvalue weighted by Crippen LogP contribution is 2.18. The molecule has 0 aliphatic heterocycles. The van der Waals surface area contributed by atoms with Gasteiger partial charge in [0.15, 0.2) is 0 Å². The van der Waals surface area contributed by atoms with Crippen molar-refractivity contribution >= 4 is 21.6 Å². The van der Waals surface area contributed by atoms with Gasteiger partial charge in [-0.05, 0) is 0 Å². The van der Waals surface area contributed by atoms with Gasteiger partial charge >= 0.3 is 0 Å². The molecule has 0 spiro atoms. The van der Waals surface area contributed by atoms with E-state index in [0.29, 0.717) is 0 Å². The number of nitrogens with two attached hydrogens (primary N) is 2. The molecule has 0 aromatic rings. The van der Waals surface area contributed by atoms with Crippen molar-refractivity contribution in [1.82, 2.24) is 5.48 Å². The van der Waals surface area contributed by atoms with Crippen LogP contribution in [0, 0.1) is 0 Å². The molecule has 0 bridgehead atoms. The summed E-state index contributed by atoms with van der Waals surface area (Å²) in [7, 11) is 3.52. The minimum atomic E-state index is 0.735. The van der Waals surface area contributed by atoms with Gasteiger partial charge in [0.1, 0.15) is 0 Å². The van der Waals surface area contributed by atoms with E-state index in [0.717, 1.165) is 24.6 Å². The fourth-order valence-corrected chi connectivity index (χ4v) is 2.05. The van der Waals surface area contributed by atoms with Crippen LogP contribution in [0.1, 0.15) is 0 Å². The first-order valence-corrected chi connectivity index (χ1v) is 5.43. The minimum Gasteiger partial charge on any atom is -0.330 e. The highest BCUT2D eigenvalue weighted by molar-refractivity contribution is 8.76. The summed E-state index contributed by atoms with van der Waals surface area (Å²) in [5.41, 5.74) is 7.81. The first-order valence-electron chi connectivity index (χ1n) is 2.95. The van der Waals surface area contributed by atoms with Crippen LogP contribution < -0.4 is 17.1 Å². The monoisotopic (exact) mass is 183 g/mol. The Labute approximate surface area is 68.7 Å². The van der Waals surface area contributed by atoms with Gasteiger partial charge in [-0.2, -0.15) is 11.4 Å². The molecule has 0 amide bonds. The van der Waals surface area contributed by atoms with Crippen molar-refractivity contribution < 1.29 is 4.94 Å². The van der Waals surface area contributed by atoms with Gasteiger partial charge in [-0.15, -0.1) is 0 Å². The second-order valence-corrected chi connectivity index (χ2v) is 4.15. The molecule has 0 saturated carbocycles. The van der Waals surface area contributed by atoms with Gasteiger partial charge in [-0.3, -0.25) is 0 Å². The summed E-state index contributed by atoms with van der Waals surface area (Å²) >= 11 is 0. The smallest absolute Gasteiger partial charge is 0.0328 e. The molecule has 5 N–H and O–H groups in total. The van der Waals surface area contributed by atoms with Crippen molar-refractivity contribution in [2.75, 3.05) is 24.6 Å². The van der Waals surface area contributed by atoms with Crippen LogP contribution in [0.3, 0.4) is 0 Å². The molecule has 0 radical (unpaired) electrons. The summed E-state index contributed by atoms with van der Waals surface area (Å²) in [5, 5.41) is 0. The predicted molar refractivity (Wildman–Crippen MR) is 47.2 cm³/mol. The van der Waals surface area contributed by atoms with Crippen LogP contribution in [-0.2, 0) is 4.94 Å². The van der Waals surface area contributed by atoms with Gasteiger partial charge in [-0.25, -0.2) is 4.94 Å². The summed E-state index contributed by atoms with van der Waals surface area (Å²) in [6, 6.07) is 0. The molecule has 0 aliphatic carbocycles. The van der Waals surface area contributed by atoms with Gasteiger partial charge in [0.05, 0.1) is 0 Å². The highest BCUT2D eigenvalue weighted by Gasteiger charge is 1.87. The first kappa shape index (κ1) is 10.5. The first-order chi connectivity index (χ1) is 4.91. The number of nitrogens with one attached hydrogen (secondary N) is 1. The van der Waals surface area contributed by atoms with Crippen LogP contribution >= 0.6 is 21.6 Å². The summed E-state index contributed by atoms with van der Waals surface area (Å²) in [6.45, 7) is 1.50. The summed E-state index contributed by atoms with van der Waals surface area (Å²) in [6.07, 6.45) is 0. The number of hydroxylamine groups is 1. The normalized spacial score (nSPS) is 10.2. The Hall–Kier alpha value is 0.540. The van der Waals surface area contributed by atoms with Gasteiger partial charge in [0, 0.05) is 24.6 Å². The van der Waals surface area contributed by atoms with Crippen molar-refractivity contribution in [2.24, 2.45) is 11.6 Å². The van der Waals surface area contributed by atoms with Crippen LogP contribution in [0.4, 0.5) is 0 Å². The Balaban J connectivity index is 2.65. The zero-order chi connectivity index (χ0) is 7.66. The summed E-state index contributed by atoms with van der Waals surface area (Å²) in [4.78, 5) is 4.15. The second-order valence-electron chi connectivity index (χ2n) is 1.44. The van der Waals surface area contributed by atoms with Gasteiger partial charge in [0.25, 0.3) is 0 Å². The molecule has 0 unspecified atom stereocenters. The number of hydrogen-bond donors (Lipinski definition) is 3. The van der Waals surface area contributed by atoms with Crippen molar-refractivity contribution in [1.29, 1.82) is 0 Å². The van der Waals surface area contributed by atoms with Crippen LogP contribution in [0.5, 0.6) is 0 Å². The third-order valence-electron chi connectivity index (χ3n) is 0.655. The quantitative estimate of drug-likeness (QED) is 0.286. The topological polar surface area (TPSA) is 73.3 Å². The third-order valence-corrected chi connectivity index (χ3v) is 3.10. The van der Waals surface area contributed by atoms with E-state index in [-0.39, 0.29) is 0 Å². The molecule has 0 atom stereocenters. The fraction of sp³-hybridized carbons (Fsp3) is 1.00. The maximum Gasteiger partial charge on any atom is 0.0328 e. The molecular formula is C4H13N3OS2. The largest absolute Gasteiger partial charge is 0.330 e. The molecule has 62 valence electrons. The standard InChI is InChI=1S/C4H13N3OS2/c5-1-3-9-10-4-2-7-8-6/h7H,1-6H2. The lowest BCUT2D eigenvalue weighted by Crippen LogP contribution is -2.21. The number of rotatable bonds is 7. The van der Waals surface area contributed by atoms with Gasteiger partial charge < -0.3 is 5.73 Å². The van der Waals surface area contributed by atoms with Crippen molar-refractivity contribution in [3.8, 4) is 0 Å². The van der Waals surface area contributed by atoms with E-state index in [1.807, 2.05) is 0 Å². The molecule has 0 rings (SSSR count). The third kappa shape index (κ3) is 8.54. The zero-order valence-electron chi connectivity index (χ0n) is 5.71. The number of hydrogen-bond acceptors (Lipinski definition) is 6. The Morgan fingerprint density at radius 3 is 2.60 bits per heavy atom. The predicted octanol–water partition coefficient (Wildman–Crippen LogP) is -0.279. The SMILES string of the molecule is NCCSSCCNON. The summed E-state index contributed by atoms with van der Waals surface area (Å²) in [5.74, 6) is 6.69. The van der Waals surface area contributed by atoms with E-state index in [1.54, 1.807) is 21.6 Å². The van der Waals surface area contributed by atoms with Crippen LogP contribution in [-0.4, -0.2) is 24.6 Å². The van der Waals surface area contributed by atoms with Gasteiger partial charge in [0.2, 0.25) is 0 Å². The summed E-state index contributed by atoms with van der Waals surface area (Å²) < 4.78 is 0. The van der Waals surface area contributed by atoms with E-state index >= 15 is 0 Å². The minimum absolute atomic E-state index is 0.735. The molecule has 0 fully saturated rings. The maximum absolute atomic E-state index is 5.27. The lowest BCUT2D eigenvalue weighted by molar-refractivity contribution is 0.0453. The highest BCUT2D eigenvalue weighted by atomic mass is 33.1. The average Bonchev–Trinajstić information content (AvgIpc) is 1.97. The molecule has 10 heavy (non-hydrogen) atoms. The van der Waals surface area contributed by atoms with E-state index in [2.05, 4.69) is 10.4 Å². The van der Waals surface area contributed by atoms with E-state index in [1.165, 1.54) is 0 Å². The molecular weight excluding hydrogens is 170 g/mol. The van der Waals surface area contributed by atoms with Crippen LogP contribution in [0.2, 0.25) is 0 Å². The van der Waals surface area contributed by atoms with Crippen LogP contribution in [0.15, 0.2) is 0 Å². The molecule has 0 aromatic heterocycles. The Kier molecular flexibility index (Phi) is 10.1. The van der Waals surface area contributed by atoms with Crippen LogP contribution in [0.25, 0.3) is 0 Å². The van der Waals surface area contributed by atoms with E-state index < -0.39 is 0 Å². The second kappa shape index (κ2) is 9.54. The van der Waals surface area contributed by atoms with Crippen molar-refractivity contribution in [2.45, 2.75) is 0 Å². The van der Waals surface area contributed by atoms with E-state index in [9.17, 15) is 0 Å². The van der Waals surface area contributed by atoms with Crippen molar-refractivity contribution in [3.63, 3.8) is 0 Å². The Morgan fingerprint density at radius 1 is 1.30 bits per heavy atom. The molecule has 0 aromatic carbocycles. The fourth-order valence-electron chi connectivity index (χ4n) is 0.308.